The normalized spacial score (nSPS) is 13.9. The van der Waals surface area contributed by atoms with Crippen molar-refractivity contribution in [1.82, 2.24) is 4.57 Å². The van der Waals surface area contributed by atoms with Crippen LogP contribution in [0.1, 0.15) is 18.9 Å². The van der Waals surface area contributed by atoms with Gasteiger partial charge in [-0.05, 0) is 79.3 Å². The third kappa shape index (κ3) is 4.43. The summed E-state index contributed by atoms with van der Waals surface area (Å²) in [5.41, 5.74) is 2.93. The zero-order valence-electron chi connectivity index (χ0n) is 21.4. The standard InChI is InChI=1S/C30H27N3O4S/c1-4-17-31-19-20(25-7-5-6-8-27(25)31)18-26-28(34)32(21-9-13-23(36-2)14-10-21)30(38)33(29(26)35)22-11-15-24(37-3)16-12-22/h5-16,18-19H,4,17H2,1-3H3. The highest BCUT2D eigenvalue weighted by Gasteiger charge is 2.41. The first-order valence-electron chi connectivity index (χ1n) is 12.3. The van der Waals surface area contributed by atoms with Crippen LogP contribution in [0.15, 0.2) is 84.6 Å². The molecule has 0 atom stereocenters. The minimum atomic E-state index is -0.484. The molecule has 1 saturated heterocycles. The van der Waals surface area contributed by atoms with E-state index in [1.54, 1.807) is 68.8 Å². The maximum atomic E-state index is 13.9. The van der Waals surface area contributed by atoms with Crippen LogP contribution < -0.4 is 19.3 Å². The Morgan fingerprint density at radius 3 is 1.82 bits per heavy atom. The number of hydrogen-bond acceptors (Lipinski definition) is 5. The molecule has 1 fully saturated rings. The van der Waals surface area contributed by atoms with Crippen molar-refractivity contribution in [2.45, 2.75) is 19.9 Å². The molecular weight excluding hydrogens is 498 g/mol. The van der Waals surface area contributed by atoms with E-state index in [-0.39, 0.29) is 10.7 Å². The smallest absolute Gasteiger partial charge is 0.270 e. The van der Waals surface area contributed by atoms with Gasteiger partial charge < -0.3 is 14.0 Å². The molecule has 2 heterocycles. The number of amides is 2. The summed E-state index contributed by atoms with van der Waals surface area (Å²) in [6.07, 6.45) is 4.62. The molecule has 2 amide bonds. The van der Waals surface area contributed by atoms with Crippen molar-refractivity contribution in [2.24, 2.45) is 0 Å². The van der Waals surface area contributed by atoms with Crippen molar-refractivity contribution >= 4 is 57.5 Å². The lowest BCUT2D eigenvalue weighted by atomic mass is 10.0. The fourth-order valence-corrected chi connectivity index (χ4v) is 5.00. The number of anilines is 2. The summed E-state index contributed by atoms with van der Waals surface area (Å²) in [5, 5.41) is 1.04. The topological polar surface area (TPSA) is 64.0 Å². The zero-order valence-corrected chi connectivity index (χ0v) is 22.2. The molecule has 5 rings (SSSR count). The van der Waals surface area contributed by atoms with Gasteiger partial charge in [0.1, 0.15) is 17.1 Å². The third-order valence-corrected chi connectivity index (χ3v) is 6.86. The van der Waals surface area contributed by atoms with E-state index in [9.17, 15) is 9.59 Å². The number of ether oxygens (including phenoxy) is 2. The molecule has 0 saturated carbocycles. The van der Waals surface area contributed by atoms with Crippen molar-refractivity contribution < 1.29 is 19.1 Å². The lowest BCUT2D eigenvalue weighted by molar-refractivity contribution is -0.120. The second-order valence-corrected chi connectivity index (χ2v) is 9.18. The SMILES string of the molecule is CCCn1cc(C=C2C(=O)N(c3ccc(OC)cc3)C(=S)N(c3ccc(OC)cc3)C2=O)c2ccccc21. The minimum Gasteiger partial charge on any atom is -0.497 e. The van der Waals surface area contributed by atoms with Gasteiger partial charge in [-0.3, -0.25) is 19.4 Å². The van der Waals surface area contributed by atoms with Crippen LogP contribution in [0.25, 0.3) is 17.0 Å². The highest BCUT2D eigenvalue weighted by Crippen LogP contribution is 2.33. The minimum absolute atomic E-state index is 0.0182. The lowest BCUT2D eigenvalue weighted by Gasteiger charge is -2.36. The molecule has 3 aromatic carbocycles. The predicted molar refractivity (Wildman–Crippen MR) is 154 cm³/mol. The predicted octanol–water partition coefficient (Wildman–Crippen LogP) is 5.82. The van der Waals surface area contributed by atoms with Gasteiger partial charge in [-0.2, -0.15) is 0 Å². The van der Waals surface area contributed by atoms with Gasteiger partial charge in [0.2, 0.25) is 0 Å². The van der Waals surface area contributed by atoms with Crippen LogP contribution in [0.4, 0.5) is 11.4 Å². The molecule has 0 bridgehead atoms. The molecule has 7 nitrogen and oxygen atoms in total. The number of fused-ring (bicyclic) bond motifs is 1. The van der Waals surface area contributed by atoms with Crippen molar-refractivity contribution in [1.29, 1.82) is 0 Å². The van der Waals surface area contributed by atoms with E-state index < -0.39 is 11.8 Å². The number of carbonyl (C=O) groups excluding carboxylic acids is 2. The van der Waals surface area contributed by atoms with E-state index in [1.807, 2.05) is 30.5 Å². The molecule has 1 aromatic heterocycles. The van der Waals surface area contributed by atoms with Crippen molar-refractivity contribution in [3.8, 4) is 11.5 Å². The molecule has 38 heavy (non-hydrogen) atoms. The first kappa shape index (κ1) is 25.2. The van der Waals surface area contributed by atoms with Crippen molar-refractivity contribution in [2.75, 3.05) is 24.0 Å². The average molecular weight is 526 g/mol. The Balaban J connectivity index is 1.67. The number of aryl methyl sites for hydroxylation is 1. The van der Waals surface area contributed by atoms with Gasteiger partial charge in [-0.15, -0.1) is 0 Å². The van der Waals surface area contributed by atoms with Gasteiger partial charge in [-0.25, -0.2) is 0 Å². The van der Waals surface area contributed by atoms with Gasteiger partial charge in [0.25, 0.3) is 11.8 Å². The van der Waals surface area contributed by atoms with Gasteiger partial charge in [0.15, 0.2) is 5.11 Å². The van der Waals surface area contributed by atoms with Crippen LogP contribution in [0.3, 0.4) is 0 Å². The molecule has 0 aliphatic carbocycles. The van der Waals surface area contributed by atoms with Crippen molar-refractivity contribution in [3.63, 3.8) is 0 Å². The maximum Gasteiger partial charge on any atom is 0.270 e. The van der Waals surface area contributed by atoms with E-state index in [2.05, 4.69) is 11.5 Å². The Bertz CT molecular complexity index is 1480. The summed E-state index contributed by atoms with van der Waals surface area (Å²) >= 11 is 5.74. The Labute approximate surface area is 226 Å². The third-order valence-electron chi connectivity index (χ3n) is 6.49. The number of methoxy groups -OCH3 is 2. The fourth-order valence-electron chi connectivity index (χ4n) is 4.62. The number of rotatable bonds is 7. The first-order chi connectivity index (χ1) is 18.5. The molecular formula is C30H27N3O4S. The van der Waals surface area contributed by atoms with E-state index in [1.165, 1.54) is 9.80 Å². The van der Waals surface area contributed by atoms with Crippen LogP contribution in [-0.2, 0) is 16.1 Å². The van der Waals surface area contributed by atoms with Crippen molar-refractivity contribution in [3.05, 3.63) is 90.1 Å². The van der Waals surface area contributed by atoms with Gasteiger partial charge in [-0.1, -0.05) is 25.1 Å². The molecule has 0 N–H and O–H groups in total. The quantitative estimate of drug-likeness (QED) is 0.173. The average Bonchev–Trinajstić information content (AvgIpc) is 3.29. The summed E-state index contributed by atoms with van der Waals surface area (Å²) < 4.78 is 12.7. The summed E-state index contributed by atoms with van der Waals surface area (Å²) in [4.78, 5) is 30.6. The Morgan fingerprint density at radius 1 is 0.789 bits per heavy atom. The fraction of sp³-hybridized carbons (Fsp3) is 0.167. The number of para-hydroxylation sites is 1. The van der Waals surface area contributed by atoms with E-state index in [0.29, 0.717) is 22.9 Å². The van der Waals surface area contributed by atoms with E-state index >= 15 is 0 Å². The lowest BCUT2D eigenvalue weighted by Crippen LogP contribution is -2.56. The second kappa shape index (κ2) is 10.5. The Kier molecular flexibility index (Phi) is 6.98. The number of nitrogens with zero attached hydrogens (tertiary/aromatic N) is 3. The van der Waals surface area contributed by atoms with Gasteiger partial charge in [0.05, 0.1) is 25.6 Å². The number of benzene rings is 3. The monoisotopic (exact) mass is 525 g/mol. The maximum absolute atomic E-state index is 13.9. The molecule has 4 aromatic rings. The van der Waals surface area contributed by atoms with Crippen LogP contribution in [0.5, 0.6) is 11.5 Å². The molecule has 1 aliphatic heterocycles. The molecule has 1 aliphatic rings. The van der Waals surface area contributed by atoms with E-state index in [4.69, 9.17) is 21.7 Å². The van der Waals surface area contributed by atoms with E-state index in [0.717, 1.165) is 29.4 Å². The van der Waals surface area contributed by atoms with Crippen LogP contribution in [0.2, 0.25) is 0 Å². The van der Waals surface area contributed by atoms with Gasteiger partial charge >= 0.3 is 0 Å². The largest absolute Gasteiger partial charge is 0.497 e. The number of aromatic nitrogens is 1. The van der Waals surface area contributed by atoms with Gasteiger partial charge in [0, 0.05) is 29.2 Å². The Hall–Kier alpha value is -4.43. The zero-order chi connectivity index (χ0) is 26.8. The molecule has 192 valence electrons. The van der Waals surface area contributed by atoms with Crippen LogP contribution in [-0.4, -0.2) is 35.7 Å². The van der Waals surface area contributed by atoms with Crippen LogP contribution in [0, 0.1) is 0 Å². The molecule has 8 heteroatoms. The number of thiocarbonyl (C=S) groups is 1. The van der Waals surface area contributed by atoms with Crippen LogP contribution >= 0.6 is 12.2 Å². The highest BCUT2D eigenvalue weighted by atomic mass is 32.1. The number of carbonyl (C=O) groups is 2. The summed E-state index contributed by atoms with van der Waals surface area (Å²) in [6, 6.07) is 22.0. The summed E-state index contributed by atoms with van der Waals surface area (Å²) in [5.74, 6) is 0.322. The molecule has 0 spiro atoms. The molecule has 0 unspecified atom stereocenters. The highest BCUT2D eigenvalue weighted by molar-refractivity contribution is 7.81. The molecule has 0 radical (unpaired) electrons. The number of hydrogen-bond donors (Lipinski definition) is 0. The Morgan fingerprint density at radius 2 is 1.32 bits per heavy atom. The summed E-state index contributed by atoms with van der Waals surface area (Å²) in [7, 11) is 3.15. The second-order valence-electron chi connectivity index (χ2n) is 8.81. The first-order valence-corrected chi connectivity index (χ1v) is 12.7. The summed E-state index contributed by atoms with van der Waals surface area (Å²) in [6.45, 7) is 2.94.